The molecule has 84 valence electrons. The molecular formula is C8H7BF5KO. The van der Waals surface area contributed by atoms with Crippen molar-refractivity contribution >= 4 is 12.4 Å². The van der Waals surface area contributed by atoms with E-state index in [4.69, 9.17) is 0 Å². The smallest absolute Gasteiger partial charge is 0.445 e. The number of benzene rings is 1. The van der Waals surface area contributed by atoms with Crippen molar-refractivity contribution in [1.82, 2.24) is 0 Å². The van der Waals surface area contributed by atoms with Crippen molar-refractivity contribution in [1.29, 1.82) is 0 Å². The van der Waals surface area contributed by atoms with Crippen LogP contribution in [0.1, 0.15) is 5.56 Å². The van der Waals surface area contributed by atoms with Gasteiger partial charge in [-0.15, -0.1) is 0 Å². The first-order chi connectivity index (χ1) is 6.80. The van der Waals surface area contributed by atoms with Crippen LogP contribution in [0, 0.1) is 6.92 Å². The Hall–Kier alpha value is 0.371. The fourth-order valence-electron chi connectivity index (χ4n) is 1.13. The number of aryl methyl sites for hydroxylation is 1. The van der Waals surface area contributed by atoms with E-state index in [9.17, 15) is 21.7 Å². The number of halogens is 5. The van der Waals surface area contributed by atoms with Gasteiger partial charge < -0.3 is 17.7 Å². The first-order valence-corrected chi connectivity index (χ1v) is 4.06. The summed E-state index contributed by atoms with van der Waals surface area (Å²) in [4.78, 5) is 0. The summed E-state index contributed by atoms with van der Waals surface area (Å²) >= 11 is 0. The monoisotopic (exact) mass is 264 g/mol. The first-order valence-electron chi connectivity index (χ1n) is 4.06. The van der Waals surface area contributed by atoms with Gasteiger partial charge in [-0.25, -0.2) is 0 Å². The van der Waals surface area contributed by atoms with Crippen molar-refractivity contribution in [2.24, 2.45) is 0 Å². The van der Waals surface area contributed by atoms with Gasteiger partial charge in [-0.3, -0.25) is 0 Å². The summed E-state index contributed by atoms with van der Waals surface area (Å²) in [5.41, 5.74) is -0.791. The van der Waals surface area contributed by atoms with Crippen LogP contribution in [-0.4, -0.2) is 13.6 Å². The largest absolute Gasteiger partial charge is 1.00 e. The van der Waals surface area contributed by atoms with Crippen molar-refractivity contribution in [3.63, 3.8) is 0 Å². The zero-order valence-corrected chi connectivity index (χ0v) is 11.8. The van der Waals surface area contributed by atoms with Crippen LogP contribution >= 0.6 is 0 Å². The zero-order chi connectivity index (χ0) is 11.6. The Morgan fingerprint density at radius 2 is 1.75 bits per heavy atom. The molecule has 0 saturated heterocycles. The van der Waals surface area contributed by atoms with Gasteiger partial charge in [-0.05, 0) is 13.0 Å². The standard InChI is InChI=1S/C8H7BF5O.K/c1-5-2-3-7(15-8(10)11)6(4-5)9(12,13)14;/h2-4,8H,1H3;/q-1;+1. The van der Waals surface area contributed by atoms with Crippen molar-refractivity contribution in [2.45, 2.75) is 13.5 Å². The molecule has 1 nitrogen and oxygen atoms in total. The van der Waals surface area contributed by atoms with Gasteiger partial charge in [0.25, 0.3) is 0 Å². The quantitative estimate of drug-likeness (QED) is 0.536. The predicted octanol–water partition coefficient (Wildman–Crippen LogP) is -0.345. The minimum Gasteiger partial charge on any atom is -0.445 e. The molecule has 0 saturated carbocycles. The summed E-state index contributed by atoms with van der Waals surface area (Å²) < 4.78 is 64.7. The minimum atomic E-state index is -5.34. The fourth-order valence-corrected chi connectivity index (χ4v) is 1.13. The summed E-state index contributed by atoms with van der Waals surface area (Å²) in [6.45, 7) is -7.16. The van der Waals surface area contributed by atoms with Crippen LogP contribution in [0.2, 0.25) is 0 Å². The Kier molecular flexibility index (Phi) is 6.49. The maximum absolute atomic E-state index is 12.4. The van der Waals surface area contributed by atoms with E-state index in [1.807, 2.05) is 0 Å². The Labute approximate surface area is 132 Å². The van der Waals surface area contributed by atoms with Gasteiger partial charge in [0.05, 0.1) is 5.75 Å². The Bertz CT molecular complexity index is 355. The summed E-state index contributed by atoms with van der Waals surface area (Å²) in [6, 6.07) is 2.97. The number of hydrogen-bond acceptors (Lipinski definition) is 1. The molecule has 0 amide bonds. The number of alkyl halides is 2. The van der Waals surface area contributed by atoms with E-state index in [2.05, 4.69) is 4.74 Å². The van der Waals surface area contributed by atoms with Gasteiger partial charge >= 0.3 is 65.0 Å². The molecule has 0 atom stereocenters. The average molecular weight is 264 g/mol. The van der Waals surface area contributed by atoms with Gasteiger partial charge in [0, 0.05) is 0 Å². The van der Waals surface area contributed by atoms with E-state index in [0.29, 0.717) is 5.56 Å². The van der Waals surface area contributed by atoms with Crippen LogP contribution < -0.4 is 61.6 Å². The third-order valence-corrected chi connectivity index (χ3v) is 1.73. The van der Waals surface area contributed by atoms with E-state index >= 15 is 0 Å². The normalized spacial score (nSPS) is 11.2. The fraction of sp³-hybridized carbons (Fsp3) is 0.250. The van der Waals surface area contributed by atoms with E-state index in [1.54, 1.807) is 0 Å². The number of ether oxygens (including phenoxy) is 1. The molecule has 8 heteroatoms. The third-order valence-electron chi connectivity index (χ3n) is 1.73. The molecule has 0 heterocycles. The van der Waals surface area contributed by atoms with Crippen molar-refractivity contribution < 1.29 is 77.8 Å². The van der Waals surface area contributed by atoms with Crippen LogP contribution in [-0.2, 0) is 0 Å². The van der Waals surface area contributed by atoms with Gasteiger partial charge in [0.1, 0.15) is 0 Å². The van der Waals surface area contributed by atoms with Crippen molar-refractivity contribution in [3.8, 4) is 5.75 Å². The maximum atomic E-state index is 12.4. The first kappa shape index (κ1) is 16.4. The zero-order valence-electron chi connectivity index (χ0n) is 8.68. The molecule has 0 aromatic heterocycles. The molecule has 0 aliphatic carbocycles. The summed E-state index contributed by atoms with van der Waals surface area (Å²) in [5, 5.41) is 0. The minimum absolute atomic E-state index is 0. The molecule has 1 rings (SSSR count). The van der Waals surface area contributed by atoms with Gasteiger partial charge in [0.2, 0.25) is 0 Å². The molecule has 0 unspecified atom stereocenters. The molecule has 16 heavy (non-hydrogen) atoms. The van der Waals surface area contributed by atoms with Crippen LogP contribution in [0.15, 0.2) is 18.2 Å². The topological polar surface area (TPSA) is 9.23 Å². The van der Waals surface area contributed by atoms with E-state index in [-0.39, 0.29) is 51.4 Å². The second kappa shape index (κ2) is 6.34. The van der Waals surface area contributed by atoms with Crippen LogP contribution in [0.25, 0.3) is 0 Å². The van der Waals surface area contributed by atoms with Crippen LogP contribution in [0.5, 0.6) is 5.75 Å². The van der Waals surface area contributed by atoms with E-state index in [0.717, 1.165) is 12.1 Å². The molecule has 0 aliphatic heterocycles. The SMILES string of the molecule is Cc1ccc(OC(F)F)c([B-](F)(F)F)c1.[K+]. The van der Waals surface area contributed by atoms with Crippen LogP contribution in [0.4, 0.5) is 21.7 Å². The summed E-state index contributed by atoms with van der Waals surface area (Å²) in [6.07, 6.45) is 0. The molecule has 0 N–H and O–H groups in total. The van der Waals surface area contributed by atoms with Crippen LogP contribution in [0.3, 0.4) is 0 Å². The Balaban J connectivity index is 0.00000225. The van der Waals surface area contributed by atoms with Gasteiger partial charge in [-0.1, -0.05) is 23.2 Å². The molecule has 0 aliphatic rings. The third kappa shape index (κ3) is 4.70. The average Bonchev–Trinajstić information content (AvgIpc) is 2.05. The Morgan fingerprint density at radius 3 is 2.19 bits per heavy atom. The summed E-state index contributed by atoms with van der Waals surface area (Å²) in [7, 11) is 0. The Morgan fingerprint density at radius 1 is 1.19 bits per heavy atom. The molecule has 0 spiro atoms. The molecule has 1 aromatic rings. The number of hydrogen-bond donors (Lipinski definition) is 0. The van der Waals surface area contributed by atoms with Crippen molar-refractivity contribution in [3.05, 3.63) is 23.8 Å². The van der Waals surface area contributed by atoms with Crippen molar-refractivity contribution in [2.75, 3.05) is 0 Å². The van der Waals surface area contributed by atoms with E-state index in [1.165, 1.54) is 13.0 Å². The molecule has 1 aromatic carbocycles. The van der Waals surface area contributed by atoms with Gasteiger partial charge in [-0.2, -0.15) is 8.78 Å². The predicted molar refractivity (Wildman–Crippen MR) is 46.5 cm³/mol. The summed E-state index contributed by atoms with van der Waals surface area (Å²) in [5.74, 6) is -0.830. The maximum Gasteiger partial charge on any atom is 1.00 e. The second-order valence-electron chi connectivity index (χ2n) is 2.99. The van der Waals surface area contributed by atoms with Gasteiger partial charge in [0.15, 0.2) is 0 Å². The molecule has 0 bridgehead atoms. The molecular weight excluding hydrogens is 257 g/mol. The second-order valence-corrected chi connectivity index (χ2v) is 2.99. The molecule has 0 radical (unpaired) electrons. The van der Waals surface area contributed by atoms with E-state index < -0.39 is 24.8 Å². The number of rotatable bonds is 3. The molecule has 0 fully saturated rings.